The van der Waals surface area contributed by atoms with Gasteiger partial charge in [0.1, 0.15) is 12.6 Å². The van der Waals surface area contributed by atoms with Gasteiger partial charge < -0.3 is 10.1 Å². The van der Waals surface area contributed by atoms with Gasteiger partial charge >= 0.3 is 5.97 Å². The summed E-state index contributed by atoms with van der Waals surface area (Å²) >= 11 is 0. The third-order valence-electron chi connectivity index (χ3n) is 3.27. The van der Waals surface area contributed by atoms with E-state index < -0.39 is 21.8 Å². The van der Waals surface area contributed by atoms with E-state index in [4.69, 9.17) is 4.74 Å². The first-order chi connectivity index (χ1) is 9.76. The Balaban J connectivity index is 2.56. The minimum Gasteiger partial charge on any atom is -0.463 e. The highest BCUT2D eigenvalue weighted by molar-refractivity contribution is 7.91. The van der Waals surface area contributed by atoms with E-state index in [0.29, 0.717) is 0 Å². The summed E-state index contributed by atoms with van der Waals surface area (Å²) in [5.41, 5.74) is 2.99. The second kappa shape index (κ2) is 7.45. The zero-order valence-corrected chi connectivity index (χ0v) is 13.8. The van der Waals surface area contributed by atoms with Crippen LogP contribution in [0.5, 0.6) is 0 Å². The predicted octanol–water partition coefficient (Wildman–Crippen LogP) is 2.08. The molecular formula is C15H23NO4S. The summed E-state index contributed by atoms with van der Waals surface area (Å²) in [5, 5.41) is 3.12. The van der Waals surface area contributed by atoms with Crippen molar-refractivity contribution >= 4 is 21.5 Å². The molecule has 0 amide bonds. The minimum absolute atomic E-state index is 0.0563. The summed E-state index contributed by atoms with van der Waals surface area (Å²) in [6, 6.07) is 5.34. The van der Waals surface area contributed by atoms with Crippen LogP contribution in [0.15, 0.2) is 18.2 Å². The van der Waals surface area contributed by atoms with Crippen molar-refractivity contribution in [2.75, 3.05) is 23.4 Å². The van der Waals surface area contributed by atoms with Crippen LogP contribution in [0.25, 0.3) is 0 Å². The summed E-state index contributed by atoms with van der Waals surface area (Å²) in [6.45, 7) is 7.08. The van der Waals surface area contributed by atoms with Gasteiger partial charge in [-0.3, -0.25) is 0 Å². The molecule has 0 unspecified atom stereocenters. The molecule has 0 aliphatic carbocycles. The van der Waals surface area contributed by atoms with E-state index >= 15 is 0 Å². The monoisotopic (exact) mass is 313 g/mol. The number of hydrogen-bond donors (Lipinski definition) is 1. The minimum atomic E-state index is -3.11. The predicted molar refractivity (Wildman–Crippen MR) is 84.3 cm³/mol. The zero-order valence-electron chi connectivity index (χ0n) is 13.0. The number of rotatable bonds is 7. The van der Waals surface area contributed by atoms with Crippen LogP contribution in [-0.2, 0) is 19.4 Å². The van der Waals surface area contributed by atoms with Gasteiger partial charge in [-0.05, 0) is 31.9 Å². The van der Waals surface area contributed by atoms with Crippen molar-refractivity contribution in [2.24, 2.45) is 0 Å². The van der Waals surface area contributed by atoms with Crippen molar-refractivity contribution in [3.8, 4) is 0 Å². The normalized spacial score (nSPS) is 12.8. The fourth-order valence-electron chi connectivity index (χ4n) is 1.86. The highest BCUT2D eigenvalue weighted by Crippen LogP contribution is 2.20. The molecule has 0 fully saturated rings. The Morgan fingerprint density at radius 2 is 1.86 bits per heavy atom. The number of anilines is 1. The van der Waals surface area contributed by atoms with Crippen LogP contribution in [0.4, 0.5) is 5.69 Å². The molecule has 6 heteroatoms. The van der Waals surface area contributed by atoms with Crippen molar-refractivity contribution in [1.82, 2.24) is 0 Å². The number of hydrogen-bond acceptors (Lipinski definition) is 5. The Morgan fingerprint density at radius 3 is 2.38 bits per heavy atom. The lowest BCUT2D eigenvalue weighted by Gasteiger charge is -2.18. The van der Waals surface area contributed by atoms with Crippen LogP contribution in [-0.4, -0.2) is 38.5 Å². The number of benzene rings is 1. The molecule has 1 aromatic rings. The maximum Gasteiger partial charge on any atom is 0.328 e. The summed E-state index contributed by atoms with van der Waals surface area (Å²) in [4.78, 5) is 11.9. The molecule has 118 valence electrons. The summed E-state index contributed by atoms with van der Waals surface area (Å²) < 4.78 is 27.7. The number of sulfone groups is 1. The molecule has 21 heavy (non-hydrogen) atoms. The highest BCUT2D eigenvalue weighted by atomic mass is 32.2. The van der Waals surface area contributed by atoms with E-state index in [0.717, 1.165) is 16.8 Å². The molecule has 1 rings (SSSR count). The molecule has 1 aromatic carbocycles. The number of esters is 1. The molecule has 0 saturated carbocycles. The Morgan fingerprint density at radius 1 is 1.29 bits per heavy atom. The first-order valence-electron chi connectivity index (χ1n) is 6.96. The number of aryl methyl sites for hydroxylation is 2. The Kier molecular flexibility index (Phi) is 6.20. The molecular weight excluding hydrogens is 290 g/mol. The molecule has 0 spiro atoms. The van der Waals surface area contributed by atoms with Crippen molar-refractivity contribution in [1.29, 1.82) is 0 Å². The smallest absolute Gasteiger partial charge is 0.328 e. The van der Waals surface area contributed by atoms with Gasteiger partial charge in [0, 0.05) is 11.4 Å². The van der Waals surface area contributed by atoms with Crippen molar-refractivity contribution in [2.45, 2.75) is 33.7 Å². The summed E-state index contributed by atoms with van der Waals surface area (Å²) in [5.74, 6) is -0.532. The number of para-hydroxylation sites is 1. The van der Waals surface area contributed by atoms with Gasteiger partial charge in [-0.15, -0.1) is 0 Å². The molecule has 0 aliphatic heterocycles. The number of carbonyl (C=O) groups excluding carboxylic acids is 1. The summed E-state index contributed by atoms with van der Waals surface area (Å²) in [7, 11) is -3.11. The summed E-state index contributed by atoms with van der Waals surface area (Å²) in [6.07, 6.45) is 0. The standard InChI is InChI=1S/C15H23NO4S/c1-5-21(18,19)10-9-20-15(17)13(4)16-14-11(2)7-6-8-12(14)3/h6-8,13,16H,5,9-10H2,1-4H3/t13-/m0/s1. The van der Waals surface area contributed by atoms with Crippen LogP contribution in [0.2, 0.25) is 0 Å². The molecule has 0 radical (unpaired) electrons. The molecule has 0 saturated heterocycles. The van der Waals surface area contributed by atoms with Crippen LogP contribution < -0.4 is 5.32 Å². The molecule has 0 aromatic heterocycles. The van der Waals surface area contributed by atoms with Gasteiger partial charge in [0.15, 0.2) is 9.84 Å². The molecule has 0 heterocycles. The van der Waals surface area contributed by atoms with E-state index in [1.807, 2.05) is 32.0 Å². The molecule has 0 bridgehead atoms. The van der Waals surface area contributed by atoms with E-state index in [1.165, 1.54) is 0 Å². The van der Waals surface area contributed by atoms with Crippen LogP contribution in [0.3, 0.4) is 0 Å². The van der Waals surface area contributed by atoms with Gasteiger partial charge in [0.2, 0.25) is 0 Å². The average Bonchev–Trinajstić information content (AvgIpc) is 2.42. The lowest BCUT2D eigenvalue weighted by molar-refractivity contribution is -0.143. The van der Waals surface area contributed by atoms with Gasteiger partial charge in [0.25, 0.3) is 0 Å². The highest BCUT2D eigenvalue weighted by Gasteiger charge is 2.17. The van der Waals surface area contributed by atoms with Crippen molar-refractivity contribution < 1.29 is 17.9 Å². The Labute approximate surface area is 126 Å². The topological polar surface area (TPSA) is 72.5 Å². The number of carbonyl (C=O) groups is 1. The fourth-order valence-corrected chi connectivity index (χ4v) is 2.48. The average molecular weight is 313 g/mol. The zero-order chi connectivity index (χ0) is 16.0. The van der Waals surface area contributed by atoms with Crippen molar-refractivity contribution in [3.05, 3.63) is 29.3 Å². The molecule has 1 N–H and O–H groups in total. The van der Waals surface area contributed by atoms with E-state index in [2.05, 4.69) is 5.32 Å². The van der Waals surface area contributed by atoms with Gasteiger partial charge in [-0.1, -0.05) is 25.1 Å². The van der Waals surface area contributed by atoms with Crippen LogP contribution in [0, 0.1) is 13.8 Å². The Hall–Kier alpha value is -1.56. The second-order valence-electron chi connectivity index (χ2n) is 5.04. The first kappa shape index (κ1) is 17.5. The van der Waals surface area contributed by atoms with Crippen LogP contribution >= 0.6 is 0 Å². The fraction of sp³-hybridized carbons (Fsp3) is 0.533. The lowest BCUT2D eigenvalue weighted by atomic mass is 10.1. The molecule has 1 atom stereocenters. The lowest BCUT2D eigenvalue weighted by Crippen LogP contribution is -2.30. The molecule has 0 aliphatic rings. The second-order valence-corrected chi connectivity index (χ2v) is 7.51. The Bertz CT molecular complexity index is 575. The van der Waals surface area contributed by atoms with Crippen LogP contribution in [0.1, 0.15) is 25.0 Å². The maximum atomic E-state index is 11.9. The maximum absolute atomic E-state index is 11.9. The third kappa shape index (κ3) is 5.38. The number of ether oxygens (including phenoxy) is 1. The van der Waals surface area contributed by atoms with Crippen molar-refractivity contribution in [3.63, 3.8) is 0 Å². The first-order valence-corrected chi connectivity index (χ1v) is 8.78. The largest absolute Gasteiger partial charge is 0.463 e. The van der Waals surface area contributed by atoms with E-state index in [1.54, 1.807) is 13.8 Å². The quantitative estimate of drug-likeness (QED) is 0.780. The van der Waals surface area contributed by atoms with Gasteiger partial charge in [0.05, 0.1) is 5.75 Å². The van der Waals surface area contributed by atoms with E-state index in [-0.39, 0.29) is 18.1 Å². The SMILES string of the molecule is CCS(=O)(=O)CCOC(=O)[C@H](C)Nc1c(C)cccc1C. The number of nitrogens with one attached hydrogen (secondary N) is 1. The van der Waals surface area contributed by atoms with Gasteiger partial charge in [-0.25, -0.2) is 13.2 Å². The van der Waals surface area contributed by atoms with E-state index in [9.17, 15) is 13.2 Å². The molecule has 5 nitrogen and oxygen atoms in total. The third-order valence-corrected chi connectivity index (χ3v) is 4.94. The van der Waals surface area contributed by atoms with Gasteiger partial charge in [-0.2, -0.15) is 0 Å².